The highest BCUT2D eigenvalue weighted by molar-refractivity contribution is 7.92. The average Bonchev–Trinajstić information content (AvgIpc) is 2.95. The molecule has 3 rings (SSSR count). The predicted octanol–water partition coefficient (Wildman–Crippen LogP) is 5.71. The summed E-state index contributed by atoms with van der Waals surface area (Å²) in [6.07, 6.45) is 2.75. The fourth-order valence-corrected chi connectivity index (χ4v) is 5.87. The number of hydrogen-bond acceptors (Lipinski definition) is 4. The van der Waals surface area contributed by atoms with Gasteiger partial charge in [-0.2, -0.15) is 0 Å². The van der Waals surface area contributed by atoms with Crippen molar-refractivity contribution in [2.75, 3.05) is 17.1 Å². The van der Waals surface area contributed by atoms with E-state index in [4.69, 9.17) is 0 Å². The van der Waals surface area contributed by atoms with Crippen molar-refractivity contribution in [3.8, 4) is 0 Å². The molecule has 0 heterocycles. The van der Waals surface area contributed by atoms with Crippen LogP contribution in [0, 0.1) is 20.8 Å². The summed E-state index contributed by atoms with van der Waals surface area (Å²) in [5, 5.41) is 3.09. The Kier molecular flexibility index (Phi) is 11.7. The molecule has 0 fully saturated rings. The molecular weight excluding hydrogens is 546 g/mol. The molecule has 8 heteroatoms. The van der Waals surface area contributed by atoms with Crippen LogP contribution in [0.15, 0.2) is 72.8 Å². The van der Waals surface area contributed by atoms with E-state index in [1.807, 2.05) is 107 Å². The van der Waals surface area contributed by atoms with Crippen LogP contribution in [0.5, 0.6) is 0 Å². The quantitative estimate of drug-likeness (QED) is 0.260. The number of nitrogens with zero attached hydrogens (tertiary/aromatic N) is 2. The predicted molar refractivity (Wildman–Crippen MR) is 171 cm³/mol. The van der Waals surface area contributed by atoms with Crippen molar-refractivity contribution in [1.29, 1.82) is 0 Å². The van der Waals surface area contributed by atoms with Gasteiger partial charge in [-0.3, -0.25) is 13.9 Å². The second-order valence-electron chi connectivity index (χ2n) is 11.3. The molecule has 0 spiro atoms. The monoisotopic (exact) mass is 591 g/mol. The van der Waals surface area contributed by atoms with E-state index in [1.165, 1.54) is 10.6 Å². The normalized spacial score (nSPS) is 12.8. The maximum atomic E-state index is 14.0. The highest BCUT2D eigenvalue weighted by Gasteiger charge is 2.31. The van der Waals surface area contributed by atoms with Crippen molar-refractivity contribution in [3.05, 3.63) is 101 Å². The number of hydrogen-bond donors (Lipinski definition) is 1. The van der Waals surface area contributed by atoms with Crippen LogP contribution in [0.25, 0.3) is 0 Å². The summed E-state index contributed by atoms with van der Waals surface area (Å²) in [6.45, 7) is 10.2. The van der Waals surface area contributed by atoms with E-state index in [2.05, 4.69) is 5.32 Å². The lowest BCUT2D eigenvalue weighted by molar-refractivity contribution is -0.141. The van der Waals surface area contributed by atoms with E-state index in [9.17, 15) is 18.0 Å². The smallest absolute Gasteiger partial charge is 0.243 e. The Bertz CT molecular complexity index is 1440. The first kappa shape index (κ1) is 32.9. The van der Waals surface area contributed by atoms with Gasteiger partial charge in [0.25, 0.3) is 0 Å². The second kappa shape index (κ2) is 15.0. The Morgan fingerprint density at radius 3 is 2.14 bits per heavy atom. The molecule has 3 aromatic rings. The van der Waals surface area contributed by atoms with Gasteiger partial charge in [0.15, 0.2) is 0 Å². The zero-order valence-electron chi connectivity index (χ0n) is 25.8. The van der Waals surface area contributed by atoms with Crippen molar-refractivity contribution >= 4 is 27.5 Å². The van der Waals surface area contributed by atoms with Gasteiger partial charge in [-0.25, -0.2) is 8.42 Å². The lowest BCUT2D eigenvalue weighted by Crippen LogP contribution is -2.52. The molecule has 0 aliphatic carbocycles. The highest BCUT2D eigenvalue weighted by Crippen LogP contribution is 2.25. The maximum Gasteiger partial charge on any atom is 0.243 e. The first-order chi connectivity index (χ1) is 19.9. The summed E-state index contributed by atoms with van der Waals surface area (Å²) in [4.78, 5) is 29.3. The molecule has 226 valence electrons. The minimum absolute atomic E-state index is 0.0343. The number of anilines is 1. The number of aryl methyl sites for hydroxylation is 3. The van der Waals surface area contributed by atoms with Gasteiger partial charge >= 0.3 is 0 Å². The summed E-state index contributed by atoms with van der Waals surface area (Å²) in [5.41, 5.74) is 5.43. The van der Waals surface area contributed by atoms with Crippen LogP contribution >= 0.6 is 0 Å². The summed E-state index contributed by atoms with van der Waals surface area (Å²) in [7, 11) is -3.57. The average molecular weight is 592 g/mol. The standard InChI is InChI=1S/C34H45N3O4S/c1-7-28(5)35-34(39)32(23-29-12-9-8-10-13-29)36(24-30-19-16-25(2)17-20-30)33(38)14-11-21-37(42(6,40)41)31-22-26(3)15-18-27(31)4/h8-10,12-13,15-20,22,28,32H,7,11,14,21,23-24H2,1-6H3,(H,35,39)/t28-,32+/m1/s1. The van der Waals surface area contributed by atoms with Crippen LogP contribution in [-0.4, -0.2) is 50.0 Å². The molecular formula is C34H45N3O4S. The molecule has 0 aliphatic heterocycles. The van der Waals surface area contributed by atoms with Crippen molar-refractivity contribution < 1.29 is 18.0 Å². The van der Waals surface area contributed by atoms with E-state index in [-0.39, 0.29) is 37.4 Å². The van der Waals surface area contributed by atoms with Crippen molar-refractivity contribution in [3.63, 3.8) is 0 Å². The number of benzene rings is 3. The summed E-state index contributed by atoms with van der Waals surface area (Å²) in [5.74, 6) is -0.382. The topological polar surface area (TPSA) is 86.8 Å². The molecule has 2 atom stereocenters. The number of sulfonamides is 1. The molecule has 0 unspecified atom stereocenters. The molecule has 1 N–H and O–H groups in total. The van der Waals surface area contributed by atoms with Gasteiger partial charge in [0.1, 0.15) is 6.04 Å². The van der Waals surface area contributed by atoms with Gasteiger partial charge in [-0.05, 0) is 68.9 Å². The minimum atomic E-state index is -3.57. The van der Waals surface area contributed by atoms with Gasteiger partial charge in [-0.15, -0.1) is 0 Å². The molecule has 0 aliphatic rings. The van der Waals surface area contributed by atoms with Gasteiger partial charge in [0, 0.05) is 32.0 Å². The molecule has 3 aromatic carbocycles. The van der Waals surface area contributed by atoms with Gasteiger partial charge < -0.3 is 10.2 Å². The Balaban J connectivity index is 1.90. The Labute approximate surface area is 252 Å². The van der Waals surface area contributed by atoms with Crippen LogP contribution in [0.2, 0.25) is 0 Å². The lowest BCUT2D eigenvalue weighted by Gasteiger charge is -2.33. The van der Waals surface area contributed by atoms with Crippen LogP contribution in [0.4, 0.5) is 5.69 Å². The highest BCUT2D eigenvalue weighted by atomic mass is 32.2. The first-order valence-corrected chi connectivity index (χ1v) is 16.5. The molecule has 42 heavy (non-hydrogen) atoms. The van der Waals surface area contributed by atoms with E-state index in [0.717, 1.165) is 34.2 Å². The number of nitrogens with one attached hydrogen (secondary N) is 1. The molecule has 0 radical (unpaired) electrons. The zero-order valence-corrected chi connectivity index (χ0v) is 26.6. The zero-order chi connectivity index (χ0) is 30.9. The van der Waals surface area contributed by atoms with Gasteiger partial charge in [0.2, 0.25) is 21.8 Å². The van der Waals surface area contributed by atoms with Crippen molar-refractivity contribution in [1.82, 2.24) is 10.2 Å². The van der Waals surface area contributed by atoms with E-state index < -0.39 is 16.1 Å². The minimum Gasteiger partial charge on any atom is -0.352 e. The summed E-state index contributed by atoms with van der Waals surface area (Å²) >= 11 is 0. The lowest BCUT2D eigenvalue weighted by atomic mass is 10.0. The second-order valence-corrected chi connectivity index (χ2v) is 13.2. The summed E-state index contributed by atoms with van der Waals surface area (Å²) < 4.78 is 26.9. The number of amides is 2. The molecule has 0 bridgehead atoms. The van der Waals surface area contributed by atoms with Crippen molar-refractivity contribution in [2.24, 2.45) is 0 Å². The largest absolute Gasteiger partial charge is 0.352 e. The summed E-state index contributed by atoms with van der Waals surface area (Å²) in [6, 6.07) is 22.6. The van der Waals surface area contributed by atoms with Crippen molar-refractivity contribution in [2.45, 2.75) is 78.9 Å². The third-order valence-electron chi connectivity index (χ3n) is 7.53. The Morgan fingerprint density at radius 2 is 1.52 bits per heavy atom. The van der Waals surface area contributed by atoms with Crippen LogP contribution in [0.1, 0.15) is 60.9 Å². The van der Waals surface area contributed by atoms with Gasteiger partial charge in [0.05, 0.1) is 11.9 Å². The molecule has 0 aromatic heterocycles. The van der Waals surface area contributed by atoms with E-state index in [1.54, 1.807) is 4.90 Å². The van der Waals surface area contributed by atoms with Crippen LogP contribution in [0.3, 0.4) is 0 Å². The number of carbonyl (C=O) groups is 2. The third-order valence-corrected chi connectivity index (χ3v) is 8.71. The molecule has 2 amide bonds. The molecule has 0 saturated carbocycles. The van der Waals surface area contributed by atoms with E-state index in [0.29, 0.717) is 18.5 Å². The Morgan fingerprint density at radius 1 is 0.881 bits per heavy atom. The molecule has 0 saturated heterocycles. The maximum absolute atomic E-state index is 14.0. The fraction of sp³-hybridized carbons (Fsp3) is 0.412. The Hall–Kier alpha value is -3.65. The van der Waals surface area contributed by atoms with Crippen LogP contribution < -0.4 is 9.62 Å². The first-order valence-electron chi connectivity index (χ1n) is 14.6. The van der Waals surface area contributed by atoms with Gasteiger partial charge in [-0.1, -0.05) is 79.2 Å². The fourth-order valence-electron chi connectivity index (χ4n) is 4.86. The number of rotatable bonds is 14. The van der Waals surface area contributed by atoms with E-state index >= 15 is 0 Å². The third kappa shape index (κ3) is 9.44. The number of carbonyl (C=O) groups excluding carboxylic acids is 2. The van der Waals surface area contributed by atoms with Crippen LogP contribution in [-0.2, 0) is 32.6 Å². The molecule has 7 nitrogen and oxygen atoms in total. The SMILES string of the molecule is CC[C@@H](C)NC(=O)[C@H](Cc1ccccc1)N(Cc1ccc(C)cc1)C(=O)CCCN(c1cc(C)ccc1C)S(C)(=O)=O.